The van der Waals surface area contributed by atoms with Gasteiger partial charge in [0, 0.05) is 6.04 Å². The molecular formula is C17H20N4O2. The number of amides is 1. The number of carbonyl (C=O) groups is 1. The largest absolute Gasteiger partial charge is 0.361 e. The van der Waals surface area contributed by atoms with Crippen molar-refractivity contribution in [3.05, 3.63) is 47.1 Å². The lowest BCUT2D eigenvalue weighted by atomic mass is 10.2. The van der Waals surface area contributed by atoms with Gasteiger partial charge < -0.3 is 14.4 Å². The van der Waals surface area contributed by atoms with Crippen LogP contribution in [0.15, 0.2) is 28.8 Å². The number of nitrogens with zero attached hydrogens (tertiary/aromatic N) is 3. The molecule has 0 bridgehead atoms. The molecular weight excluding hydrogens is 292 g/mol. The minimum atomic E-state index is -0.191. The highest BCUT2D eigenvalue weighted by Crippen LogP contribution is 2.21. The third kappa shape index (κ3) is 2.72. The van der Waals surface area contributed by atoms with Crippen molar-refractivity contribution in [3.63, 3.8) is 0 Å². The highest BCUT2D eigenvalue weighted by molar-refractivity contribution is 5.96. The van der Waals surface area contributed by atoms with Crippen LogP contribution in [0.25, 0.3) is 11.0 Å². The number of benzene rings is 1. The van der Waals surface area contributed by atoms with Gasteiger partial charge in [-0.3, -0.25) is 4.79 Å². The second kappa shape index (κ2) is 5.87. The Morgan fingerprint density at radius 3 is 2.70 bits per heavy atom. The molecule has 2 heterocycles. The Bertz CT molecular complexity index is 841. The van der Waals surface area contributed by atoms with E-state index in [4.69, 9.17) is 4.52 Å². The molecule has 0 spiro atoms. The van der Waals surface area contributed by atoms with Gasteiger partial charge in [-0.25, -0.2) is 4.98 Å². The summed E-state index contributed by atoms with van der Waals surface area (Å²) in [5.41, 5.74) is 3.10. The van der Waals surface area contributed by atoms with Crippen molar-refractivity contribution in [2.75, 3.05) is 0 Å². The highest BCUT2D eigenvalue weighted by atomic mass is 16.5. The van der Waals surface area contributed by atoms with Crippen molar-refractivity contribution in [1.82, 2.24) is 20.0 Å². The quantitative estimate of drug-likeness (QED) is 0.803. The predicted octanol–water partition coefficient (Wildman–Crippen LogP) is 3.15. The third-order valence-corrected chi connectivity index (χ3v) is 3.85. The van der Waals surface area contributed by atoms with E-state index in [0.717, 1.165) is 16.9 Å². The fourth-order valence-electron chi connectivity index (χ4n) is 2.85. The maximum absolute atomic E-state index is 12.4. The monoisotopic (exact) mass is 312 g/mol. The smallest absolute Gasteiger partial charge is 0.257 e. The van der Waals surface area contributed by atoms with Gasteiger partial charge in [0.1, 0.15) is 17.1 Å². The van der Waals surface area contributed by atoms with Gasteiger partial charge in [0.2, 0.25) is 0 Å². The van der Waals surface area contributed by atoms with Crippen molar-refractivity contribution in [3.8, 4) is 0 Å². The van der Waals surface area contributed by atoms with Crippen LogP contribution in [0, 0.1) is 13.8 Å². The van der Waals surface area contributed by atoms with Crippen LogP contribution < -0.4 is 5.32 Å². The van der Waals surface area contributed by atoms with Gasteiger partial charge in [0.05, 0.1) is 23.3 Å². The first-order valence-electron chi connectivity index (χ1n) is 7.66. The Kier molecular flexibility index (Phi) is 3.90. The highest BCUT2D eigenvalue weighted by Gasteiger charge is 2.19. The summed E-state index contributed by atoms with van der Waals surface area (Å²) in [5.74, 6) is 1.17. The molecule has 6 nitrogen and oxygen atoms in total. The van der Waals surface area contributed by atoms with Crippen LogP contribution >= 0.6 is 0 Å². The van der Waals surface area contributed by atoms with Gasteiger partial charge in [-0.2, -0.15) is 0 Å². The Hall–Kier alpha value is -2.63. The van der Waals surface area contributed by atoms with Crippen molar-refractivity contribution >= 4 is 16.9 Å². The molecule has 2 aromatic heterocycles. The number of aromatic nitrogens is 3. The second-order valence-corrected chi connectivity index (χ2v) is 5.86. The molecule has 0 saturated carbocycles. The Morgan fingerprint density at radius 2 is 2.04 bits per heavy atom. The van der Waals surface area contributed by atoms with E-state index < -0.39 is 0 Å². The van der Waals surface area contributed by atoms with E-state index >= 15 is 0 Å². The number of para-hydroxylation sites is 2. The number of imidazole rings is 1. The molecule has 0 aliphatic heterocycles. The third-order valence-electron chi connectivity index (χ3n) is 3.85. The Balaban J connectivity index is 1.87. The van der Waals surface area contributed by atoms with Gasteiger partial charge >= 0.3 is 0 Å². The van der Waals surface area contributed by atoms with E-state index in [1.165, 1.54) is 0 Å². The molecule has 3 aromatic rings. The number of rotatable bonds is 4. The lowest BCUT2D eigenvalue weighted by Crippen LogP contribution is -2.26. The van der Waals surface area contributed by atoms with Crippen LogP contribution in [-0.2, 0) is 6.54 Å². The number of fused-ring (bicyclic) bond motifs is 1. The Morgan fingerprint density at radius 1 is 1.30 bits per heavy atom. The minimum Gasteiger partial charge on any atom is -0.361 e. The number of carbonyl (C=O) groups excluding carboxylic acids is 1. The van der Waals surface area contributed by atoms with Crippen molar-refractivity contribution in [2.45, 2.75) is 40.3 Å². The topological polar surface area (TPSA) is 73.0 Å². The molecule has 0 radical (unpaired) electrons. The minimum absolute atomic E-state index is 0.191. The second-order valence-electron chi connectivity index (χ2n) is 5.86. The van der Waals surface area contributed by atoms with E-state index in [9.17, 15) is 4.79 Å². The number of hydrogen-bond donors (Lipinski definition) is 1. The molecule has 0 aliphatic rings. The number of aryl methyl sites for hydroxylation is 2. The predicted molar refractivity (Wildman–Crippen MR) is 87.3 cm³/mol. The summed E-state index contributed by atoms with van der Waals surface area (Å²) < 4.78 is 7.19. The van der Waals surface area contributed by atoms with Crippen molar-refractivity contribution in [1.29, 1.82) is 0 Å². The first-order valence-corrected chi connectivity index (χ1v) is 7.66. The van der Waals surface area contributed by atoms with E-state index in [0.29, 0.717) is 23.6 Å². The summed E-state index contributed by atoms with van der Waals surface area (Å²) in [6.07, 6.45) is 0. The molecule has 1 aromatic carbocycles. The van der Waals surface area contributed by atoms with E-state index in [1.54, 1.807) is 13.8 Å². The molecule has 6 heteroatoms. The number of nitrogens with one attached hydrogen (secondary N) is 1. The lowest BCUT2D eigenvalue weighted by Gasteiger charge is -2.13. The fraction of sp³-hybridized carbons (Fsp3) is 0.353. The van der Waals surface area contributed by atoms with Gasteiger partial charge in [0.15, 0.2) is 0 Å². The summed E-state index contributed by atoms with van der Waals surface area (Å²) in [7, 11) is 0. The summed E-state index contributed by atoms with van der Waals surface area (Å²) >= 11 is 0. The van der Waals surface area contributed by atoms with Crippen molar-refractivity contribution < 1.29 is 9.32 Å². The maximum Gasteiger partial charge on any atom is 0.257 e. The number of hydrogen-bond acceptors (Lipinski definition) is 4. The average molecular weight is 312 g/mol. The molecule has 23 heavy (non-hydrogen) atoms. The maximum atomic E-state index is 12.4. The molecule has 1 N–H and O–H groups in total. The summed E-state index contributed by atoms with van der Waals surface area (Å²) in [6.45, 7) is 8.06. The SMILES string of the molecule is Cc1noc(C)c1C(=O)NCc1nc2ccccc2n1C(C)C. The summed E-state index contributed by atoms with van der Waals surface area (Å²) in [5, 5.41) is 6.73. The molecule has 0 aliphatic carbocycles. The fourth-order valence-corrected chi connectivity index (χ4v) is 2.85. The van der Waals surface area contributed by atoms with Crippen LogP contribution in [0.1, 0.15) is 47.5 Å². The van der Waals surface area contributed by atoms with E-state index in [1.807, 2.05) is 24.3 Å². The van der Waals surface area contributed by atoms with Crippen LogP contribution in [0.5, 0.6) is 0 Å². The zero-order valence-electron chi connectivity index (χ0n) is 13.8. The van der Waals surface area contributed by atoms with E-state index in [2.05, 4.69) is 33.9 Å². The molecule has 0 fully saturated rings. The first-order chi connectivity index (χ1) is 11.0. The molecule has 0 atom stereocenters. The van der Waals surface area contributed by atoms with Crippen LogP contribution in [0.2, 0.25) is 0 Å². The zero-order valence-corrected chi connectivity index (χ0v) is 13.8. The normalized spacial score (nSPS) is 11.3. The molecule has 0 saturated heterocycles. The molecule has 1 amide bonds. The standard InChI is InChI=1S/C17H20N4O2/c1-10(2)21-14-8-6-5-7-13(14)19-15(21)9-18-17(22)16-11(3)20-23-12(16)4/h5-8,10H,9H2,1-4H3,(H,18,22). The molecule has 0 unspecified atom stereocenters. The van der Waals surface area contributed by atoms with Crippen LogP contribution in [0.4, 0.5) is 0 Å². The zero-order chi connectivity index (χ0) is 16.6. The Labute approximate surface area is 134 Å². The van der Waals surface area contributed by atoms with Gasteiger partial charge in [-0.05, 0) is 39.8 Å². The van der Waals surface area contributed by atoms with Crippen molar-refractivity contribution in [2.24, 2.45) is 0 Å². The van der Waals surface area contributed by atoms with E-state index in [-0.39, 0.29) is 11.9 Å². The first kappa shape index (κ1) is 15.3. The molecule has 3 rings (SSSR count). The molecule has 120 valence electrons. The summed E-state index contributed by atoms with van der Waals surface area (Å²) in [4.78, 5) is 17.0. The summed E-state index contributed by atoms with van der Waals surface area (Å²) in [6, 6.07) is 8.24. The lowest BCUT2D eigenvalue weighted by molar-refractivity contribution is 0.0947. The van der Waals surface area contributed by atoms with Gasteiger partial charge in [0.25, 0.3) is 5.91 Å². The average Bonchev–Trinajstić information content (AvgIpc) is 3.05. The van der Waals surface area contributed by atoms with Crippen LogP contribution in [-0.4, -0.2) is 20.6 Å². The van der Waals surface area contributed by atoms with Crippen LogP contribution in [0.3, 0.4) is 0 Å². The van der Waals surface area contributed by atoms with Gasteiger partial charge in [-0.15, -0.1) is 0 Å². The van der Waals surface area contributed by atoms with Gasteiger partial charge in [-0.1, -0.05) is 17.3 Å².